The maximum absolute atomic E-state index is 13.7. The second-order valence-electron chi connectivity index (χ2n) is 18.0. The lowest BCUT2D eigenvalue weighted by Crippen LogP contribution is -2.33. The largest absolute Gasteiger partial charge is 0.508 e. The van der Waals surface area contributed by atoms with Crippen LogP contribution in [0.25, 0.3) is 16.8 Å². The summed E-state index contributed by atoms with van der Waals surface area (Å²) < 4.78 is 18.4. The monoisotopic (exact) mass is 871 g/mol. The molecule has 0 fully saturated rings. The van der Waals surface area contributed by atoms with Gasteiger partial charge in [0, 0.05) is 36.4 Å². The number of aryl methyl sites for hydroxylation is 2. The Morgan fingerprint density at radius 3 is 2.58 bits per heavy atom. The molecule has 0 saturated heterocycles. The summed E-state index contributed by atoms with van der Waals surface area (Å²) in [6.07, 6.45) is 18.4. The number of aliphatic hydroxyl groups is 2. The van der Waals surface area contributed by atoms with Crippen LogP contribution in [0, 0.1) is 23.9 Å². The molecule has 0 aromatic heterocycles. The minimum atomic E-state index is -0.517. The third-order valence-electron chi connectivity index (χ3n) is 13.3. The first kappa shape index (κ1) is 45.1. The Kier molecular flexibility index (Phi) is 14.6. The maximum Gasteiger partial charge on any atom is 0.161 e. The van der Waals surface area contributed by atoms with Crippen LogP contribution in [-0.2, 0) is 41.8 Å². The van der Waals surface area contributed by atoms with Crippen LogP contribution in [0.1, 0.15) is 97.2 Å². The molecule has 0 saturated carbocycles. The van der Waals surface area contributed by atoms with Gasteiger partial charge in [-0.1, -0.05) is 98.2 Å². The van der Waals surface area contributed by atoms with Gasteiger partial charge in [0.2, 0.25) is 0 Å². The van der Waals surface area contributed by atoms with Gasteiger partial charge in [0.05, 0.1) is 19.3 Å². The molecule has 4 N–H and O–H groups in total. The van der Waals surface area contributed by atoms with Gasteiger partial charge in [0.25, 0.3) is 0 Å². The second kappa shape index (κ2) is 21.0. The van der Waals surface area contributed by atoms with Gasteiger partial charge in [-0.05, 0) is 144 Å². The minimum absolute atomic E-state index is 0.0502. The molecule has 0 amide bonds. The predicted molar refractivity (Wildman–Crippen MR) is 259 cm³/mol. The number of ketones is 1. The molecule has 2 aliphatic heterocycles. The number of rotatable bonds is 13. The van der Waals surface area contributed by atoms with E-state index in [1.54, 1.807) is 13.2 Å². The number of hydrogen-bond donors (Lipinski definition) is 4. The molecule has 65 heavy (non-hydrogen) atoms. The molecule has 8 nitrogen and oxygen atoms in total. The van der Waals surface area contributed by atoms with E-state index >= 15 is 0 Å². The van der Waals surface area contributed by atoms with Crippen molar-refractivity contribution in [2.75, 3.05) is 12.4 Å². The van der Waals surface area contributed by atoms with Crippen molar-refractivity contribution < 1.29 is 34.3 Å². The summed E-state index contributed by atoms with van der Waals surface area (Å²) in [6.45, 7) is 4.28. The molecular weight excluding hydrogens is 811 g/mol. The average Bonchev–Trinajstić information content (AvgIpc) is 3.30. The van der Waals surface area contributed by atoms with Crippen molar-refractivity contribution in [1.29, 1.82) is 0 Å². The van der Waals surface area contributed by atoms with Gasteiger partial charge in [0.15, 0.2) is 11.5 Å². The van der Waals surface area contributed by atoms with Crippen LogP contribution in [0.3, 0.4) is 0 Å². The molecule has 0 unspecified atom stereocenters. The van der Waals surface area contributed by atoms with Crippen molar-refractivity contribution in [3.63, 3.8) is 0 Å². The smallest absolute Gasteiger partial charge is 0.161 e. The number of phenolic OH excluding ortho intramolecular Hbond substituents is 1. The fourth-order valence-electron chi connectivity index (χ4n) is 9.65. The van der Waals surface area contributed by atoms with E-state index in [1.165, 1.54) is 11.1 Å². The average molecular weight is 872 g/mol. The molecule has 8 heteroatoms. The molecule has 0 spiro atoms. The van der Waals surface area contributed by atoms with Gasteiger partial charge < -0.3 is 34.8 Å². The van der Waals surface area contributed by atoms with Crippen LogP contribution >= 0.6 is 0 Å². The van der Waals surface area contributed by atoms with E-state index in [4.69, 9.17) is 14.2 Å². The Morgan fingerprint density at radius 1 is 0.908 bits per heavy atom. The highest BCUT2D eigenvalue weighted by molar-refractivity contribution is 6.00. The number of phenols is 1. The van der Waals surface area contributed by atoms with E-state index in [9.17, 15) is 20.1 Å². The zero-order chi connectivity index (χ0) is 45.3. The first-order valence-electron chi connectivity index (χ1n) is 23.2. The Labute approximate surface area is 383 Å². The van der Waals surface area contributed by atoms with Gasteiger partial charge in [-0.2, -0.15) is 0 Å². The lowest BCUT2D eigenvalue weighted by Gasteiger charge is -2.28. The Hall–Kier alpha value is -6.43. The standard InChI is InChI=1S/C57H61NO7/c1-37-18-25-49-43-22-26-51-50(54(62)35-52(37)57(49)51)17-10-28-64-48(34-47(61)23-19-41-20-27-55(63-3)56(31-41)65-36-43)33-44-32-46(60)24-21-42(44)15-8-7-13-39-14-9-16-45(29-39)58-53(38(2)59)30-40-11-5-4-6-12-40/h4-6,9,11-12,14,16,18,20-22,24-27,29,31-32,35,37-38,42,44,48,53,58-60,62H,7-8,13,15,17,19,23,30,33-34,36H2,1-3H3/t37-,38+,42-,44+,48+,53-/m1/s1. The van der Waals surface area contributed by atoms with Gasteiger partial charge in [-0.25, -0.2) is 0 Å². The lowest BCUT2D eigenvalue weighted by atomic mass is 9.80. The van der Waals surface area contributed by atoms with Crippen molar-refractivity contribution in [1.82, 2.24) is 0 Å². The van der Waals surface area contributed by atoms with E-state index in [0.29, 0.717) is 37.4 Å². The van der Waals surface area contributed by atoms with Gasteiger partial charge in [0.1, 0.15) is 36.1 Å². The third-order valence-corrected chi connectivity index (χ3v) is 13.3. The number of anilines is 1. The normalized spacial score (nSPS) is 20.3. The molecule has 2 heterocycles. The molecule has 4 aliphatic rings. The van der Waals surface area contributed by atoms with Crippen LogP contribution in [0.5, 0.6) is 17.2 Å². The van der Waals surface area contributed by atoms with E-state index in [0.717, 1.165) is 76.4 Å². The number of methoxy groups -OCH3 is 1. The zero-order valence-corrected chi connectivity index (χ0v) is 37.8. The van der Waals surface area contributed by atoms with E-state index < -0.39 is 12.2 Å². The van der Waals surface area contributed by atoms with Crippen molar-refractivity contribution in [3.8, 4) is 29.3 Å². The Morgan fingerprint density at radius 2 is 1.75 bits per heavy atom. The first-order chi connectivity index (χ1) is 31.6. The molecule has 6 bridgehead atoms. The molecule has 9 rings (SSSR count). The highest BCUT2D eigenvalue weighted by Gasteiger charge is 2.27. The van der Waals surface area contributed by atoms with E-state index in [2.05, 4.69) is 91.0 Å². The fraction of sp³-hybridized carbons (Fsp3) is 0.351. The molecule has 5 aromatic rings. The third kappa shape index (κ3) is 11.3. The highest BCUT2D eigenvalue weighted by atomic mass is 16.5. The molecule has 5 aromatic carbocycles. The quantitative estimate of drug-likeness (QED) is 0.0683. The second-order valence-corrected chi connectivity index (χ2v) is 18.0. The zero-order valence-electron chi connectivity index (χ0n) is 37.8. The van der Waals surface area contributed by atoms with Crippen molar-refractivity contribution in [2.45, 2.75) is 109 Å². The van der Waals surface area contributed by atoms with Crippen molar-refractivity contribution in [3.05, 3.63) is 160 Å². The summed E-state index contributed by atoms with van der Waals surface area (Å²) in [4.78, 5) is 13.7. The minimum Gasteiger partial charge on any atom is -0.508 e. The summed E-state index contributed by atoms with van der Waals surface area (Å²) in [6, 6.07) is 30.4. The van der Waals surface area contributed by atoms with Gasteiger partial charge >= 0.3 is 0 Å². The number of aliphatic hydroxyl groups excluding tert-OH is 2. The van der Waals surface area contributed by atoms with Gasteiger partial charge in [-0.3, -0.25) is 4.79 Å². The number of allylic oxidation sites excluding steroid dienone is 4. The number of benzene rings is 5. The van der Waals surface area contributed by atoms with Crippen LogP contribution in [-0.4, -0.2) is 46.5 Å². The summed E-state index contributed by atoms with van der Waals surface area (Å²) in [5.41, 5.74) is 8.27. The van der Waals surface area contributed by atoms with Crippen LogP contribution < -0.4 is 14.8 Å². The topological polar surface area (TPSA) is 117 Å². The summed E-state index contributed by atoms with van der Waals surface area (Å²) in [5, 5.41) is 38.2. The molecular formula is C57H61NO7. The lowest BCUT2D eigenvalue weighted by molar-refractivity contribution is -0.121. The number of carbonyl (C=O) groups is 1. The number of carbonyl (C=O) groups excluding carboxylic acids is 1. The number of unbranched alkanes of at least 4 members (excludes halogenated alkanes) is 1. The molecule has 0 radical (unpaired) electrons. The number of Topliss-reactive ketones (excluding diaryl/α,β-unsaturated/α-hetero) is 1. The Bertz CT molecular complexity index is 2630. The summed E-state index contributed by atoms with van der Waals surface area (Å²) in [7, 11) is 1.63. The fourth-order valence-corrected chi connectivity index (χ4v) is 9.65. The number of ether oxygens (including phenoxy) is 3. The van der Waals surface area contributed by atoms with Crippen molar-refractivity contribution >= 4 is 28.3 Å². The SMILES string of the molecule is COc1ccc2cc1OCc1ccc3c(c(O)cc4c3c1C=C[C@H]4C)CC#CO[C@@H](C[C@@H]1C=C(O)C=C[C@H]1CCCCc1cccc(N[C@H](Cc3ccccc3)[C@H](C)O)c1)CC(=O)CC2. The number of hydrogen-bond acceptors (Lipinski definition) is 8. The van der Waals surface area contributed by atoms with E-state index in [1.807, 2.05) is 55.5 Å². The number of nitrogens with one attached hydrogen (secondary N) is 1. The summed E-state index contributed by atoms with van der Waals surface area (Å²) in [5.74, 6) is 5.13. The molecule has 2 aliphatic carbocycles. The first-order valence-corrected chi connectivity index (χ1v) is 23.2. The van der Waals surface area contributed by atoms with Crippen LogP contribution in [0.15, 0.2) is 121 Å². The molecule has 6 atom stereocenters. The predicted octanol–water partition coefficient (Wildman–Crippen LogP) is 11.5. The number of aromatic hydroxyl groups is 1. The van der Waals surface area contributed by atoms with Crippen LogP contribution in [0.4, 0.5) is 5.69 Å². The van der Waals surface area contributed by atoms with Crippen LogP contribution in [0.2, 0.25) is 0 Å². The summed E-state index contributed by atoms with van der Waals surface area (Å²) >= 11 is 0. The van der Waals surface area contributed by atoms with E-state index in [-0.39, 0.29) is 53.9 Å². The maximum atomic E-state index is 13.7. The Balaban J connectivity index is 0.969. The van der Waals surface area contributed by atoms with Crippen molar-refractivity contribution in [2.24, 2.45) is 11.8 Å². The molecule has 336 valence electrons. The highest BCUT2D eigenvalue weighted by Crippen LogP contribution is 2.42. The number of fused-ring (bicyclic) bond motifs is 9. The van der Waals surface area contributed by atoms with Gasteiger partial charge in [-0.15, -0.1) is 0 Å².